The van der Waals surface area contributed by atoms with Crippen molar-refractivity contribution in [2.24, 2.45) is 0 Å². The van der Waals surface area contributed by atoms with Gasteiger partial charge in [-0.3, -0.25) is 14.6 Å². The average Bonchev–Trinajstić information content (AvgIpc) is 3.75. The van der Waals surface area contributed by atoms with E-state index in [0.29, 0.717) is 37.0 Å². The summed E-state index contributed by atoms with van der Waals surface area (Å²) in [7, 11) is 0. The fraction of sp³-hybridized carbons (Fsp3) is 0.381. The van der Waals surface area contributed by atoms with Crippen LogP contribution in [0, 0.1) is 11.9 Å². The van der Waals surface area contributed by atoms with Gasteiger partial charge in [0.05, 0.1) is 44.6 Å². The molecule has 0 bridgehead atoms. The zero-order chi connectivity index (χ0) is 40.3. The van der Waals surface area contributed by atoms with E-state index in [-0.39, 0.29) is 34.3 Å². The van der Waals surface area contributed by atoms with E-state index in [1.54, 1.807) is 17.2 Å². The highest BCUT2D eigenvalue weighted by Crippen LogP contribution is 2.46. The molecule has 2 spiro atoms. The van der Waals surface area contributed by atoms with E-state index in [9.17, 15) is 23.2 Å². The minimum Gasteiger partial charge on any atom is -0.444 e. The van der Waals surface area contributed by atoms with Crippen LogP contribution in [0.3, 0.4) is 0 Å². The third-order valence-electron chi connectivity index (χ3n) is 12.3. The molecule has 298 valence electrons. The average molecular weight is 808 g/mol. The number of fused-ring (bicyclic) bond motifs is 12. The molecule has 16 heteroatoms. The molecule has 0 unspecified atom stereocenters. The number of nitrogens with zero attached hydrogens (tertiary/aromatic N) is 4. The second-order valence-corrected chi connectivity index (χ2v) is 17.6. The zero-order valence-electron chi connectivity index (χ0n) is 32.1. The fourth-order valence-electron chi connectivity index (χ4n) is 9.40. The number of aryl methyl sites for hydroxylation is 2. The molecule has 4 aliphatic heterocycles. The molecule has 13 nitrogen and oxygen atoms in total. The lowest BCUT2D eigenvalue weighted by Gasteiger charge is -2.51. The van der Waals surface area contributed by atoms with E-state index in [0.717, 1.165) is 112 Å². The molecule has 0 aromatic carbocycles. The molecule has 9 heterocycles. The summed E-state index contributed by atoms with van der Waals surface area (Å²) < 4.78 is 32.9. The van der Waals surface area contributed by atoms with Crippen molar-refractivity contribution in [3.8, 4) is 33.8 Å². The van der Waals surface area contributed by atoms with E-state index >= 15 is 0 Å². The SMILES string of the molecule is CC(C)(C)OC(=O)N1CC2(CNC(=O)c3c2[nH]c2c3CCc3cnc(Cl)cc3-2)C1.O=C1NCC2(CNC2)c2[nH]c3c(c21)CCc1cnc(-c2ccc(F)nc2F)cc1-3. The van der Waals surface area contributed by atoms with Gasteiger partial charge in [-0.2, -0.15) is 13.8 Å². The molecule has 5 aromatic heterocycles. The first-order valence-electron chi connectivity index (χ1n) is 19.4. The third-order valence-corrected chi connectivity index (χ3v) is 12.5. The number of hydrogen-bond acceptors (Lipinski definition) is 8. The van der Waals surface area contributed by atoms with Crippen molar-refractivity contribution >= 4 is 29.5 Å². The summed E-state index contributed by atoms with van der Waals surface area (Å²) in [4.78, 5) is 58.4. The summed E-state index contributed by atoms with van der Waals surface area (Å²) in [5.74, 6) is -1.85. The first-order valence-corrected chi connectivity index (χ1v) is 19.8. The van der Waals surface area contributed by atoms with E-state index in [2.05, 4.69) is 40.9 Å². The Bertz CT molecular complexity index is 2600. The van der Waals surface area contributed by atoms with Crippen molar-refractivity contribution in [2.45, 2.75) is 62.9 Å². The summed E-state index contributed by atoms with van der Waals surface area (Å²) >= 11 is 6.14. The minimum absolute atomic E-state index is 0.0402. The molecule has 2 fully saturated rings. The number of H-pyrrole nitrogens is 2. The van der Waals surface area contributed by atoms with Crippen molar-refractivity contribution in [3.63, 3.8) is 0 Å². The Morgan fingerprint density at radius 3 is 1.97 bits per heavy atom. The number of halogens is 3. The zero-order valence-corrected chi connectivity index (χ0v) is 32.8. The van der Waals surface area contributed by atoms with E-state index < -0.39 is 17.5 Å². The van der Waals surface area contributed by atoms with Crippen molar-refractivity contribution in [3.05, 3.63) is 98.5 Å². The number of carbonyl (C=O) groups is 3. The monoisotopic (exact) mass is 807 g/mol. The molecule has 5 aromatic rings. The number of ether oxygens (including phenoxy) is 1. The fourth-order valence-corrected chi connectivity index (χ4v) is 9.56. The van der Waals surface area contributed by atoms with Crippen LogP contribution in [-0.2, 0) is 41.3 Å². The lowest BCUT2D eigenvalue weighted by molar-refractivity contribution is -0.0113. The summed E-state index contributed by atoms with van der Waals surface area (Å²) in [5.41, 5.74) is 11.0. The number of likely N-dealkylation sites (tertiary alicyclic amines) is 1. The van der Waals surface area contributed by atoms with E-state index in [4.69, 9.17) is 16.3 Å². The van der Waals surface area contributed by atoms with Gasteiger partial charge >= 0.3 is 6.09 Å². The van der Waals surface area contributed by atoms with Gasteiger partial charge in [-0.1, -0.05) is 11.6 Å². The maximum absolute atomic E-state index is 14.2. The number of nitrogens with one attached hydrogen (secondary N) is 5. The lowest BCUT2D eigenvalue weighted by Crippen LogP contribution is -2.67. The maximum atomic E-state index is 14.2. The maximum Gasteiger partial charge on any atom is 0.410 e. The standard InChI is InChI=1S/C21H23ClN4O3.C21H17F2N5O/c1-20(2,3)29-19(28)26-9-21(10-26)8-24-18(27)15-12-5-4-11-7-23-14(22)6-13(11)16(12)25-17(15)21;22-15-4-3-11(19(23)27-15)14-5-13-10(6-25-14)1-2-12-16-18(28-17(12)13)21(7-24-8-21)9-26-20(16)29/h6-7,25H,4-5,8-10H2,1-3H3,(H,24,27);3-6,24,28H,1-2,7-9H2,(H,26,29). The number of carbonyl (C=O) groups excluding carboxylic acids is 3. The number of rotatable bonds is 1. The molecule has 0 radical (unpaired) electrons. The van der Waals surface area contributed by atoms with Crippen LogP contribution >= 0.6 is 11.6 Å². The van der Waals surface area contributed by atoms with Gasteiger partial charge in [-0.25, -0.2) is 9.78 Å². The number of amides is 3. The van der Waals surface area contributed by atoms with E-state index in [1.807, 2.05) is 33.0 Å². The topological polar surface area (TPSA) is 170 Å². The van der Waals surface area contributed by atoms with Gasteiger partial charge in [0.15, 0.2) is 0 Å². The van der Waals surface area contributed by atoms with Crippen LogP contribution in [-0.4, -0.2) is 92.6 Å². The molecule has 3 amide bonds. The molecule has 11 rings (SSSR count). The van der Waals surface area contributed by atoms with E-state index in [1.165, 1.54) is 6.07 Å². The van der Waals surface area contributed by atoms with Gasteiger partial charge in [-0.15, -0.1) is 0 Å². The van der Waals surface area contributed by atoms with Crippen LogP contribution in [0.2, 0.25) is 5.15 Å². The lowest BCUT2D eigenvalue weighted by atomic mass is 9.72. The predicted octanol–water partition coefficient (Wildman–Crippen LogP) is 5.16. The van der Waals surface area contributed by atoms with Gasteiger partial charge in [0.1, 0.15) is 10.8 Å². The van der Waals surface area contributed by atoms with Gasteiger partial charge in [-0.05, 0) is 93.0 Å². The van der Waals surface area contributed by atoms with Crippen LogP contribution in [0.1, 0.15) is 75.1 Å². The van der Waals surface area contributed by atoms with Crippen molar-refractivity contribution < 1.29 is 27.9 Å². The number of pyridine rings is 3. The number of aromatic amines is 2. The quantitative estimate of drug-likeness (QED) is 0.145. The van der Waals surface area contributed by atoms with Gasteiger partial charge < -0.3 is 35.6 Å². The highest BCUT2D eigenvalue weighted by atomic mass is 35.5. The molecule has 0 atom stereocenters. The van der Waals surface area contributed by atoms with Gasteiger partial charge in [0.2, 0.25) is 11.9 Å². The molecule has 58 heavy (non-hydrogen) atoms. The Morgan fingerprint density at radius 1 is 0.793 bits per heavy atom. The number of aromatic nitrogens is 5. The molecule has 5 N–H and O–H groups in total. The molecule has 2 saturated heterocycles. The largest absolute Gasteiger partial charge is 0.444 e. The normalized spacial score (nSPS) is 18.8. The summed E-state index contributed by atoms with van der Waals surface area (Å²) in [5, 5.41) is 9.81. The van der Waals surface area contributed by atoms with Gasteiger partial charge in [0, 0.05) is 74.2 Å². The minimum atomic E-state index is -0.891. The van der Waals surface area contributed by atoms with Crippen molar-refractivity contribution in [1.82, 2.24) is 45.8 Å². The first kappa shape index (κ1) is 36.7. The summed E-state index contributed by atoms with van der Waals surface area (Å²) in [6.07, 6.45) is 6.32. The second kappa shape index (κ2) is 12.9. The van der Waals surface area contributed by atoms with Crippen LogP contribution in [0.4, 0.5) is 13.6 Å². The summed E-state index contributed by atoms with van der Waals surface area (Å²) in [6, 6.07) is 6.13. The highest BCUT2D eigenvalue weighted by molar-refractivity contribution is 6.29. The van der Waals surface area contributed by atoms with Crippen LogP contribution in [0.25, 0.3) is 33.8 Å². The Hall–Kier alpha value is -5.67. The van der Waals surface area contributed by atoms with Crippen LogP contribution in [0.15, 0.2) is 36.7 Å². The van der Waals surface area contributed by atoms with Crippen molar-refractivity contribution in [1.29, 1.82) is 0 Å². The Morgan fingerprint density at radius 2 is 1.38 bits per heavy atom. The number of hydrogen-bond donors (Lipinski definition) is 5. The molecule has 0 saturated carbocycles. The van der Waals surface area contributed by atoms with Crippen LogP contribution < -0.4 is 16.0 Å². The van der Waals surface area contributed by atoms with Crippen LogP contribution in [0.5, 0.6) is 0 Å². The second-order valence-electron chi connectivity index (χ2n) is 17.2. The van der Waals surface area contributed by atoms with Gasteiger partial charge in [0.25, 0.3) is 11.8 Å². The molecule has 2 aliphatic carbocycles. The Kier molecular flexibility index (Phi) is 8.16. The highest BCUT2D eigenvalue weighted by Gasteiger charge is 2.54. The Balaban J connectivity index is 0.000000141. The third kappa shape index (κ3) is 5.72. The molecular weight excluding hydrogens is 768 g/mol. The first-order chi connectivity index (χ1) is 27.7. The summed E-state index contributed by atoms with van der Waals surface area (Å²) in [6.45, 7) is 9.35. The smallest absolute Gasteiger partial charge is 0.410 e. The predicted molar refractivity (Wildman–Crippen MR) is 210 cm³/mol. The molecule has 6 aliphatic rings. The molecular formula is C42H40ClF2N9O4. The Labute approximate surface area is 336 Å². The van der Waals surface area contributed by atoms with Crippen molar-refractivity contribution in [2.75, 3.05) is 39.3 Å².